The molecule has 1 aliphatic carbocycles. The number of halogens is 1. The average molecular weight is 314 g/mol. The van der Waals surface area contributed by atoms with Crippen LogP contribution < -0.4 is 5.32 Å². The van der Waals surface area contributed by atoms with Gasteiger partial charge in [-0.3, -0.25) is 0 Å². The first-order chi connectivity index (χ1) is 8.19. The van der Waals surface area contributed by atoms with Gasteiger partial charge in [0.05, 0.1) is 0 Å². The summed E-state index contributed by atoms with van der Waals surface area (Å²) < 4.78 is 1.20. The maximum Gasteiger partial charge on any atom is 0.0178 e. The second-order valence-corrected chi connectivity index (χ2v) is 6.77. The minimum atomic E-state index is 0.637. The zero-order valence-electron chi connectivity index (χ0n) is 10.4. The van der Waals surface area contributed by atoms with E-state index in [-0.39, 0.29) is 0 Å². The Labute approximate surface area is 117 Å². The lowest BCUT2D eigenvalue weighted by molar-refractivity contribution is 0.276. The Hall–Kier alpha value is 0.01000. The van der Waals surface area contributed by atoms with Crippen LogP contribution in [-0.4, -0.2) is 24.1 Å². The predicted molar refractivity (Wildman–Crippen MR) is 80.9 cm³/mol. The van der Waals surface area contributed by atoms with Crippen molar-refractivity contribution in [2.75, 3.05) is 12.0 Å². The summed E-state index contributed by atoms with van der Waals surface area (Å²) in [5.41, 5.74) is 1.48. The standard InChI is InChI=1S/C14H20BrNS/c1-10(9-17-2)16-14-7-12(8-14)11-4-3-5-13(15)6-11/h3-6,10,12,14,16H,7-9H2,1-2H3. The fraction of sp³-hybridized carbons (Fsp3) is 0.571. The summed E-state index contributed by atoms with van der Waals surface area (Å²) in [5.74, 6) is 1.96. The molecule has 2 rings (SSSR count). The SMILES string of the molecule is CSCC(C)NC1CC(c2cccc(Br)c2)C1. The van der Waals surface area contributed by atoms with E-state index < -0.39 is 0 Å². The van der Waals surface area contributed by atoms with Gasteiger partial charge in [-0.15, -0.1) is 0 Å². The topological polar surface area (TPSA) is 12.0 Å². The molecule has 0 radical (unpaired) electrons. The monoisotopic (exact) mass is 313 g/mol. The van der Waals surface area contributed by atoms with Crippen molar-refractivity contribution >= 4 is 27.7 Å². The smallest absolute Gasteiger partial charge is 0.0178 e. The molecule has 0 aromatic heterocycles. The van der Waals surface area contributed by atoms with Gasteiger partial charge in [0.15, 0.2) is 0 Å². The van der Waals surface area contributed by atoms with Crippen LogP contribution in [0.5, 0.6) is 0 Å². The fourth-order valence-electron chi connectivity index (χ4n) is 2.49. The van der Waals surface area contributed by atoms with E-state index in [1.54, 1.807) is 0 Å². The van der Waals surface area contributed by atoms with E-state index in [2.05, 4.69) is 58.7 Å². The van der Waals surface area contributed by atoms with Gasteiger partial charge in [0.1, 0.15) is 0 Å². The van der Waals surface area contributed by atoms with Gasteiger partial charge in [0.25, 0.3) is 0 Å². The number of hydrogen-bond acceptors (Lipinski definition) is 2. The van der Waals surface area contributed by atoms with Crippen molar-refractivity contribution < 1.29 is 0 Å². The van der Waals surface area contributed by atoms with E-state index in [0.29, 0.717) is 6.04 Å². The van der Waals surface area contributed by atoms with Crippen LogP contribution in [0.4, 0.5) is 0 Å². The van der Waals surface area contributed by atoms with Crippen LogP contribution in [0.1, 0.15) is 31.2 Å². The van der Waals surface area contributed by atoms with Crippen LogP contribution in [0, 0.1) is 0 Å². The van der Waals surface area contributed by atoms with Gasteiger partial charge in [-0.25, -0.2) is 0 Å². The quantitative estimate of drug-likeness (QED) is 0.880. The first-order valence-corrected chi connectivity index (χ1v) is 8.38. The molecular formula is C14H20BrNS. The molecule has 1 aromatic carbocycles. The van der Waals surface area contributed by atoms with Crippen molar-refractivity contribution in [3.8, 4) is 0 Å². The third kappa shape index (κ3) is 3.73. The van der Waals surface area contributed by atoms with Crippen LogP contribution in [-0.2, 0) is 0 Å². The van der Waals surface area contributed by atoms with E-state index in [1.165, 1.54) is 28.6 Å². The van der Waals surface area contributed by atoms with Crippen LogP contribution in [0.2, 0.25) is 0 Å². The normalized spacial score (nSPS) is 25.4. The van der Waals surface area contributed by atoms with Crippen molar-refractivity contribution in [1.29, 1.82) is 0 Å². The van der Waals surface area contributed by atoms with Gasteiger partial charge in [-0.05, 0) is 49.6 Å². The Balaban J connectivity index is 1.79. The first-order valence-electron chi connectivity index (χ1n) is 6.19. The molecule has 0 spiro atoms. The first kappa shape index (κ1) is 13.4. The number of benzene rings is 1. The summed E-state index contributed by atoms with van der Waals surface area (Å²) in [5, 5.41) is 3.70. The molecule has 1 saturated carbocycles. The lowest BCUT2D eigenvalue weighted by Crippen LogP contribution is -2.45. The molecule has 0 heterocycles. The van der Waals surface area contributed by atoms with Gasteiger partial charge in [-0.2, -0.15) is 11.8 Å². The Kier molecular flexibility index (Phi) is 4.95. The molecule has 1 N–H and O–H groups in total. The zero-order chi connectivity index (χ0) is 12.3. The Morgan fingerprint density at radius 3 is 2.88 bits per heavy atom. The van der Waals surface area contributed by atoms with Gasteiger partial charge in [0.2, 0.25) is 0 Å². The van der Waals surface area contributed by atoms with Gasteiger partial charge in [0, 0.05) is 22.3 Å². The van der Waals surface area contributed by atoms with E-state index in [9.17, 15) is 0 Å². The summed E-state index contributed by atoms with van der Waals surface area (Å²) in [6.45, 7) is 2.28. The Bertz CT molecular complexity index is 363. The van der Waals surface area contributed by atoms with Gasteiger partial charge < -0.3 is 5.32 Å². The highest BCUT2D eigenvalue weighted by Crippen LogP contribution is 2.37. The maximum atomic E-state index is 3.70. The summed E-state index contributed by atoms with van der Waals surface area (Å²) in [4.78, 5) is 0. The number of thioether (sulfide) groups is 1. The van der Waals surface area contributed by atoms with Crippen molar-refractivity contribution in [2.24, 2.45) is 0 Å². The molecule has 0 amide bonds. The predicted octanol–water partition coefficient (Wildman–Crippen LogP) is 4.04. The van der Waals surface area contributed by atoms with Crippen molar-refractivity contribution in [3.63, 3.8) is 0 Å². The molecular weight excluding hydrogens is 294 g/mol. The minimum Gasteiger partial charge on any atom is -0.311 e. The van der Waals surface area contributed by atoms with Gasteiger partial charge in [-0.1, -0.05) is 28.1 Å². The summed E-state index contributed by atoms with van der Waals surface area (Å²) in [7, 11) is 0. The molecule has 1 aromatic rings. The van der Waals surface area contributed by atoms with E-state index in [1.807, 2.05) is 11.8 Å². The molecule has 0 saturated heterocycles. The van der Waals surface area contributed by atoms with E-state index in [0.717, 1.165) is 12.0 Å². The maximum absolute atomic E-state index is 3.70. The fourth-order valence-corrected chi connectivity index (χ4v) is 3.50. The van der Waals surface area contributed by atoms with Crippen molar-refractivity contribution in [2.45, 2.75) is 37.8 Å². The highest BCUT2D eigenvalue weighted by Gasteiger charge is 2.30. The van der Waals surface area contributed by atoms with Crippen molar-refractivity contribution in [3.05, 3.63) is 34.3 Å². The molecule has 1 unspecified atom stereocenters. The van der Waals surface area contributed by atoms with E-state index >= 15 is 0 Å². The zero-order valence-corrected chi connectivity index (χ0v) is 12.9. The number of nitrogens with one attached hydrogen (secondary N) is 1. The lowest BCUT2D eigenvalue weighted by atomic mass is 9.75. The molecule has 0 aliphatic heterocycles. The number of rotatable bonds is 5. The lowest BCUT2D eigenvalue weighted by Gasteiger charge is -2.38. The van der Waals surface area contributed by atoms with Crippen LogP contribution in [0.3, 0.4) is 0 Å². The molecule has 1 aliphatic rings. The largest absolute Gasteiger partial charge is 0.311 e. The van der Waals surface area contributed by atoms with Crippen molar-refractivity contribution in [1.82, 2.24) is 5.32 Å². The number of hydrogen-bond donors (Lipinski definition) is 1. The molecule has 1 atom stereocenters. The third-order valence-electron chi connectivity index (χ3n) is 3.40. The van der Waals surface area contributed by atoms with Crippen LogP contribution >= 0.6 is 27.7 Å². The second-order valence-electron chi connectivity index (χ2n) is 4.94. The third-order valence-corrected chi connectivity index (χ3v) is 4.72. The molecule has 94 valence electrons. The highest BCUT2D eigenvalue weighted by atomic mass is 79.9. The molecule has 3 heteroatoms. The van der Waals surface area contributed by atoms with E-state index in [4.69, 9.17) is 0 Å². The Morgan fingerprint density at radius 1 is 1.47 bits per heavy atom. The highest BCUT2D eigenvalue weighted by molar-refractivity contribution is 9.10. The molecule has 1 fully saturated rings. The van der Waals surface area contributed by atoms with Gasteiger partial charge >= 0.3 is 0 Å². The second kappa shape index (κ2) is 6.26. The average Bonchev–Trinajstić information content (AvgIpc) is 2.23. The molecule has 0 bridgehead atoms. The summed E-state index contributed by atoms with van der Waals surface area (Å²) in [6, 6.07) is 10.1. The summed E-state index contributed by atoms with van der Waals surface area (Å²) in [6.07, 6.45) is 4.74. The molecule has 1 nitrogen and oxygen atoms in total. The molecule has 17 heavy (non-hydrogen) atoms. The summed E-state index contributed by atoms with van der Waals surface area (Å²) >= 11 is 5.46. The Morgan fingerprint density at radius 2 is 2.24 bits per heavy atom. The van der Waals surface area contributed by atoms with Crippen LogP contribution in [0.15, 0.2) is 28.7 Å². The minimum absolute atomic E-state index is 0.637. The van der Waals surface area contributed by atoms with Crippen LogP contribution in [0.25, 0.3) is 0 Å².